The summed E-state index contributed by atoms with van der Waals surface area (Å²) in [6, 6.07) is 16.3. The molecule has 0 aliphatic rings. The van der Waals surface area contributed by atoms with Crippen LogP contribution in [0.25, 0.3) is 0 Å². The Morgan fingerprint density at radius 1 is 1.05 bits per heavy atom. The quantitative estimate of drug-likeness (QED) is 0.874. The Balaban J connectivity index is 1.95. The van der Waals surface area contributed by atoms with Gasteiger partial charge in [0.2, 0.25) is 5.91 Å². The first kappa shape index (κ1) is 14.3. The van der Waals surface area contributed by atoms with Crippen LogP contribution >= 0.6 is 0 Å². The molecule has 2 aromatic rings. The van der Waals surface area contributed by atoms with Crippen molar-refractivity contribution in [3.8, 4) is 0 Å². The maximum atomic E-state index is 11.2. The zero-order valence-corrected chi connectivity index (χ0v) is 11.9. The SMILES string of the molecule is CC(=O)Nc1ccccc1CNCc1cccc(C)c1. The lowest BCUT2D eigenvalue weighted by molar-refractivity contribution is -0.114. The highest BCUT2D eigenvalue weighted by molar-refractivity contribution is 5.89. The van der Waals surface area contributed by atoms with Crippen LogP contribution in [0.15, 0.2) is 48.5 Å². The Labute approximate surface area is 120 Å². The first-order valence-electron chi connectivity index (χ1n) is 6.77. The molecule has 0 saturated carbocycles. The maximum Gasteiger partial charge on any atom is 0.221 e. The summed E-state index contributed by atoms with van der Waals surface area (Å²) in [5.74, 6) is -0.0452. The summed E-state index contributed by atoms with van der Waals surface area (Å²) in [6.07, 6.45) is 0. The number of rotatable bonds is 5. The van der Waals surface area contributed by atoms with E-state index in [4.69, 9.17) is 0 Å². The average molecular weight is 268 g/mol. The number of nitrogens with one attached hydrogen (secondary N) is 2. The van der Waals surface area contributed by atoms with E-state index >= 15 is 0 Å². The summed E-state index contributed by atoms with van der Waals surface area (Å²) in [6.45, 7) is 5.16. The molecule has 20 heavy (non-hydrogen) atoms. The third-order valence-electron chi connectivity index (χ3n) is 3.06. The van der Waals surface area contributed by atoms with Crippen molar-refractivity contribution in [2.75, 3.05) is 5.32 Å². The van der Waals surface area contributed by atoms with Gasteiger partial charge in [0.05, 0.1) is 0 Å². The number of para-hydroxylation sites is 1. The van der Waals surface area contributed by atoms with Crippen molar-refractivity contribution in [2.24, 2.45) is 0 Å². The number of benzene rings is 2. The Hall–Kier alpha value is -2.13. The van der Waals surface area contributed by atoms with E-state index in [1.807, 2.05) is 24.3 Å². The van der Waals surface area contributed by atoms with Crippen molar-refractivity contribution in [1.29, 1.82) is 0 Å². The smallest absolute Gasteiger partial charge is 0.221 e. The number of hydrogen-bond donors (Lipinski definition) is 2. The number of anilines is 1. The molecule has 0 radical (unpaired) electrons. The molecule has 104 valence electrons. The Morgan fingerprint density at radius 2 is 1.85 bits per heavy atom. The highest BCUT2D eigenvalue weighted by Crippen LogP contribution is 2.15. The Morgan fingerprint density at radius 3 is 2.60 bits per heavy atom. The van der Waals surface area contributed by atoms with E-state index in [0.29, 0.717) is 0 Å². The van der Waals surface area contributed by atoms with Crippen LogP contribution in [-0.2, 0) is 17.9 Å². The lowest BCUT2D eigenvalue weighted by Crippen LogP contribution is -2.15. The van der Waals surface area contributed by atoms with Crippen LogP contribution in [0.4, 0.5) is 5.69 Å². The molecule has 2 N–H and O–H groups in total. The fourth-order valence-corrected chi connectivity index (χ4v) is 2.15. The average Bonchev–Trinajstić information content (AvgIpc) is 2.40. The highest BCUT2D eigenvalue weighted by atomic mass is 16.1. The highest BCUT2D eigenvalue weighted by Gasteiger charge is 2.02. The van der Waals surface area contributed by atoms with Gasteiger partial charge in [-0.2, -0.15) is 0 Å². The van der Waals surface area contributed by atoms with E-state index in [1.54, 1.807) is 0 Å². The second-order valence-electron chi connectivity index (χ2n) is 4.93. The minimum Gasteiger partial charge on any atom is -0.326 e. The van der Waals surface area contributed by atoms with Crippen LogP contribution in [0.3, 0.4) is 0 Å². The van der Waals surface area contributed by atoms with Gasteiger partial charge in [0, 0.05) is 25.7 Å². The lowest BCUT2D eigenvalue weighted by Gasteiger charge is -2.11. The number of carbonyl (C=O) groups excluding carboxylic acids is 1. The van der Waals surface area contributed by atoms with Crippen LogP contribution in [0.1, 0.15) is 23.6 Å². The van der Waals surface area contributed by atoms with Crippen LogP contribution in [-0.4, -0.2) is 5.91 Å². The normalized spacial score (nSPS) is 10.3. The van der Waals surface area contributed by atoms with E-state index in [9.17, 15) is 4.79 Å². The van der Waals surface area contributed by atoms with E-state index in [-0.39, 0.29) is 5.91 Å². The van der Waals surface area contributed by atoms with Crippen molar-refractivity contribution in [2.45, 2.75) is 26.9 Å². The Kier molecular flexibility index (Phi) is 4.91. The van der Waals surface area contributed by atoms with Gasteiger partial charge in [-0.15, -0.1) is 0 Å². The predicted molar refractivity (Wildman–Crippen MR) is 82.5 cm³/mol. The third kappa shape index (κ3) is 4.21. The van der Waals surface area contributed by atoms with Crippen molar-refractivity contribution in [3.63, 3.8) is 0 Å². The molecule has 0 atom stereocenters. The van der Waals surface area contributed by atoms with Gasteiger partial charge >= 0.3 is 0 Å². The van der Waals surface area contributed by atoms with Gasteiger partial charge in [-0.1, -0.05) is 48.0 Å². The fourth-order valence-electron chi connectivity index (χ4n) is 2.15. The number of aryl methyl sites for hydroxylation is 1. The van der Waals surface area contributed by atoms with Gasteiger partial charge in [-0.3, -0.25) is 4.79 Å². The van der Waals surface area contributed by atoms with Crippen molar-refractivity contribution >= 4 is 11.6 Å². The van der Waals surface area contributed by atoms with E-state index in [2.05, 4.69) is 41.8 Å². The monoisotopic (exact) mass is 268 g/mol. The molecule has 0 unspecified atom stereocenters. The molecule has 0 fully saturated rings. The molecule has 0 aromatic heterocycles. The molecule has 3 heteroatoms. The van der Waals surface area contributed by atoms with Crippen molar-refractivity contribution in [3.05, 3.63) is 65.2 Å². The minimum atomic E-state index is -0.0452. The van der Waals surface area contributed by atoms with E-state index in [1.165, 1.54) is 18.1 Å². The second-order valence-corrected chi connectivity index (χ2v) is 4.93. The van der Waals surface area contributed by atoms with Crippen LogP contribution in [0.5, 0.6) is 0 Å². The molecule has 2 aromatic carbocycles. The topological polar surface area (TPSA) is 41.1 Å². The zero-order chi connectivity index (χ0) is 14.4. The largest absolute Gasteiger partial charge is 0.326 e. The van der Waals surface area contributed by atoms with Gasteiger partial charge in [0.1, 0.15) is 0 Å². The van der Waals surface area contributed by atoms with Gasteiger partial charge in [0.25, 0.3) is 0 Å². The summed E-state index contributed by atoms with van der Waals surface area (Å²) in [4.78, 5) is 11.2. The third-order valence-corrected chi connectivity index (χ3v) is 3.06. The summed E-state index contributed by atoms with van der Waals surface area (Å²) in [7, 11) is 0. The summed E-state index contributed by atoms with van der Waals surface area (Å²) in [5, 5.41) is 6.26. The molecule has 3 nitrogen and oxygen atoms in total. The van der Waals surface area contributed by atoms with Crippen molar-refractivity contribution in [1.82, 2.24) is 5.32 Å². The fraction of sp³-hybridized carbons (Fsp3) is 0.235. The summed E-state index contributed by atoms with van der Waals surface area (Å²) >= 11 is 0. The van der Waals surface area contributed by atoms with Crippen molar-refractivity contribution < 1.29 is 4.79 Å². The molecule has 0 saturated heterocycles. The molecule has 0 spiro atoms. The molecule has 0 aliphatic heterocycles. The van der Waals surface area contributed by atoms with E-state index < -0.39 is 0 Å². The van der Waals surface area contributed by atoms with Crippen LogP contribution in [0, 0.1) is 6.92 Å². The van der Waals surface area contributed by atoms with Gasteiger partial charge < -0.3 is 10.6 Å². The maximum absolute atomic E-state index is 11.2. The number of carbonyl (C=O) groups is 1. The van der Waals surface area contributed by atoms with Gasteiger partial charge in [-0.25, -0.2) is 0 Å². The van der Waals surface area contributed by atoms with Crippen LogP contribution < -0.4 is 10.6 Å². The second kappa shape index (κ2) is 6.87. The number of hydrogen-bond acceptors (Lipinski definition) is 2. The standard InChI is InChI=1S/C17H20N2O/c1-13-6-5-7-15(10-13)11-18-12-16-8-3-4-9-17(16)19-14(2)20/h3-10,18H,11-12H2,1-2H3,(H,19,20). The van der Waals surface area contributed by atoms with Gasteiger partial charge in [-0.05, 0) is 24.1 Å². The van der Waals surface area contributed by atoms with Gasteiger partial charge in [0.15, 0.2) is 0 Å². The minimum absolute atomic E-state index is 0.0452. The summed E-state index contributed by atoms with van der Waals surface area (Å²) < 4.78 is 0. The first-order chi connectivity index (χ1) is 9.65. The molecular weight excluding hydrogens is 248 g/mol. The molecule has 0 heterocycles. The van der Waals surface area contributed by atoms with Crippen LogP contribution in [0.2, 0.25) is 0 Å². The molecule has 1 amide bonds. The lowest BCUT2D eigenvalue weighted by atomic mass is 10.1. The Bertz CT molecular complexity index is 593. The molecular formula is C17H20N2O. The predicted octanol–water partition coefficient (Wildman–Crippen LogP) is 3.24. The van der Waals surface area contributed by atoms with E-state index in [0.717, 1.165) is 24.3 Å². The summed E-state index contributed by atoms with van der Waals surface area (Å²) in [5.41, 5.74) is 4.50. The molecule has 0 aliphatic carbocycles. The molecule has 2 rings (SSSR count). The number of amides is 1. The first-order valence-corrected chi connectivity index (χ1v) is 6.77. The zero-order valence-electron chi connectivity index (χ0n) is 11.9. The molecule has 0 bridgehead atoms.